The molecule has 2 heteroatoms. The van der Waals surface area contributed by atoms with E-state index in [1.807, 2.05) is 6.08 Å². The first-order chi connectivity index (χ1) is 4.97. The molecular weight excluding hydrogens is 128 g/mol. The second-order valence-electron chi connectivity index (χ2n) is 2.72. The predicted octanol–water partition coefficient (Wildman–Crippen LogP) is 1.14. The fourth-order valence-electron chi connectivity index (χ4n) is 1.42. The molecule has 2 unspecified atom stereocenters. The molecule has 0 aromatic carbocycles. The molecule has 0 aliphatic carbocycles. The van der Waals surface area contributed by atoms with Gasteiger partial charge in [-0.05, 0) is 6.42 Å². The average Bonchev–Trinajstić information content (AvgIpc) is 2.05. The fraction of sp³-hybridized carbons (Fsp3) is 0.625. The largest absolute Gasteiger partial charge is 0.381 e. The molecule has 1 fully saturated rings. The highest BCUT2D eigenvalue weighted by molar-refractivity contribution is 5.02. The molecule has 2 aliphatic rings. The van der Waals surface area contributed by atoms with E-state index < -0.39 is 0 Å². The van der Waals surface area contributed by atoms with E-state index in [-0.39, 0.29) is 0 Å². The topological polar surface area (TPSA) is 18.5 Å². The van der Waals surface area contributed by atoms with Crippen molar-refractivity contribution >= 4 is 0 Å². The van der Waals surface area contributed by atoms with Crippen LogP contribution in [0, 0.1) is 12.5 Å². The number of hydrogen-bond acceptors (Lipinski definition) is 2. The summed E-state index contributed by atoms with van der Waals surface area (Å²) >= 11 is 0. The minimum absolute atomic E-state index is 0.388. The van der Waals surface area contributed by atoms with Gasteiger partial charge in [-0.2, -0.15) is 0 Å². The summed E-state index contributed by atoms with van der Waals surface area (Å²) in [5.74, 6) is 0.499. The maximum absolute atomic E-state index is 5.39. The minimum atomic E-state index is 0.388. The van der Waals surface area contributed by atoms with Crippen molar-refractivity contribution in [1.29, 1.82) is 0 Å². The smallest absolute Gasteiger partial charge is 0.106 e. The normalized spacial score (nSPS) is 39.2. The molecule has 0 saturated carbocycles. The van der Waals surface area contributed by atoms with Crippen molar-refractivity contribution in [2.45, 2.75) is 12.5 Å². The fourth-order valence-corrected chi connectivity index (χ4v) is 1.42. The van der Waals surface area contributed by atoms with Crippen LogP contribution in [0.1, 0.15) is 6.42 Å². The van der Waals surface area contributed by atoms with Crippen molar-refractivity contribution in [3.63, 3.8) is 0 Å². The Hall–Kier alpha value is -0.340. The SMILES string of the molecule is [CH]1C=CC2COCCC2O1. The minimum Gasteiger partial charge on any atom is -0.381 e. The second-order valence-corrected chi connectivity index (χ2v) is 2.72. The molecule has 2 atom stereocenters. The van der Waals surface area contributed by atoms with Crippen LogP contribution < -0.4 is 0 Å². The lowest BCUT2D eigenvalue weighted by Crippen LogP contribution is -2.33. The third kappa shape index (κ3) is 1.09. The number of ether oxygens (including phenoxy) is 2. The van der Waals surface area contributed by atoms with E-state index in [0.29, 0.717) is 12.0 Å². The third-order valence-electron chi connectivity index (χ3n) is 2.02. The van der Waals surface area contributed by atoms with Crippen LogP contribution in [-0.2, 0) is 9.47 Å². The lowest BCUT2D eigenvalue weighted by molar-refractivity contribution is -0.0397. The highest BCUT2D eigenvalue weighted by Gasteiger charge is 2.25. The van der Waals surface area contributed by atoms with Crippen LogP contribution in [0.15, 0.2) is 12.2 Å². The molecule has 0 spiro atoms. The van der Waals surface area contributed by atoms with Gasteiger partial charge < -0.3 is 9.47 Å². The Labute approximate surface area is 60.8 Å². The zero-order valence-electron chi connectivity index (χ0n) is 5.82. The number of rotatable bonds is 0. The zero-order valence-corrected chi connectivity index (χ0v) is 5.82. The summed E-state index contributed by atoms with van der Waals surface area (Å²) in [5.41, 5.74) is 0. The third-order valence-corrected chi connectivity index (χ3v) is 2.02. The van der Waals surface area contributed by atoms with Crippen molar-refractivity contribution in [2.75, 3.05) is 13.2 Å². The van der Waals surface area contributed by atoms with E-state index in [1.54, 1.807) is 6.61 Å². The molecule has 55 valence electrons. The molecule has 0 N–H and O–H groups in total. The first-order valence-electron chi connectivity index (χ1n) is 3.70. The van der Waals surface area contributed by atoms with Gasteiger partial charge in [0.25, 0.3) is 0 Å². The van der Waals surface area contributed by atoms with E-state index in [4.69, 9.17) is 9.47 Å². The molecule has 0 bridgehead atoms. The van der Waals surface area contributed by atoms with Gasteiger partial charge in [-0.3, -0.25) is 0 Å². The van der Waals surface area contributed by atoms with Gasteiger partial charge in [-0.15, -0.1) is 0 Å². The van der Waals surface area contributed by atoms with Crippen molar-refractivity contribution in [3.05, 3.63) is 18.8 Å². The molecule has 2 nitrogen and oxygen atoms in total. The van der Waals surface area contributed by atoms with E-state index in [1.165, 1.54) is 0 Å². The van der Waals surface area contributed by atoms with E-state index >= 15 is 0 Å². The molecule has 1 radical (unpaired) electrons. The molecule has 2 heterocycles. The van der Waals surface area contributed by atoms with Crippen LogP contribution in [-0.4, -0.2) is 19.3 Å². The molecule has 0 aromatic heterocycles. The standard InChI is InChI=1S/C8H11O2/c1-2-7-6-9-5-3-8(7)10-4-1/h1-2,4,7-8H,3,5-6H2. The summed E-state index contributed by atoms with van der Waals surface area (Å²) in [5, 5.41) is 0. The molecule has 10 heavy (non-hydrogen) atoms. The van der Waals surface area contributed by atoms with E-state index in [9.17, 15) is 0 Å². The maximum Gasteiger partial charge on any atom is 0.106 e. The van der Waals surface area contributed by atoms with Gasteiger partial charge in [0.1, 0.15) is 6.61 Å². The molecule has 0 amide bonds. The first-order valence-corrected chi connectivity index (χ1v) is 3.70. The lowest BCUT2D eigenvalue weighted by Gasteiger charge is -2.31. The summed E-state index contributed by atoms with van der Waals surface area (Å²) in [4.78, 5) is 0. The van der Waals surface area contributed by atoms with Crippen LogP contribution in [0.4, 0.5) is 0 Å². The second kappa shape index (κ2) is 2.72. The van der Waals surface area contributed by atoms with Crippen LogP contribution in [0.25, 0.3) is 0 Å². The maximum atomic E-state index is 5.39. The van der Waals surface area contributed by atoms with E-state index in [0.717, 1.165) is 19.6 Å². The molecule has 2 rings (SSSR count). The predicted molar refractivity (Wildman–Crippen MR) is 37.2 cm³/mol. The van der Waals surface area contributed by atoms with Crippen molar-refractivity contribution in [1.82, 2.24) is 0 Å². The highest BCUT2D eigenvalue weighted by atomic mass is 16.5. The Bertz CT molecular complexity index is 142. The summed E-state index contributed by atoms with van der Waals surface area (Å²) in [7, 11) is 0. The number of hydrogen-bond donors (Lipinski definition) is 0. The molecule has 2 aliphatic heterocycles. The van der Waals surface area contributed by atoms with Gasteiger partial charge in [-0.25, -0.2) is 0 Å². The summed E-state index contributed by atoms with van der Waals surface area (Å²) in [6, 6.07) is 0. The van der Waals surface area contributed by atoms with E-state index in [2.05, 4.69) is 6.08 Å². The van der Waals surface area contributed by atoms with Gasteiger partial charge in [-0.1, -0.05) is 12.2 Å². The Morgan fingerprint density at radius 2 is 2.40 bits per heavy atom. The molecular formula is C8H11O2. The van der Waals surface area contributed by atoms with Crippen LogP contribution in [0.3, 0.4) is 0 Å². The van der Waals surface area contributed by atoms with Crippen molar-refractivity contribution < 1.29 is 9.47 Å². The Morgan fingerprint density at radius 1 is 1.40 bits per heavy atom. The van der Waals surface area contributed by atoms with Crippen molar-refractivity contribution in [2.24, 2.45) is 5.92 Å². The summed E-state index contributed by atoms with van der Waals surface area (Å²) in [6.07, 6.45) is 5.54. The quantitative estimate of drug-likeness (QED) is 0.501. The van der Waals surface area contributed by atoms with Crippen LogP contribution in [0.2, 0.25) is 0 Å². The van der Waals surface area contributed by atoms with Gasteiger partial charge >= 0.3 is 0 Å². The summed E-state index contributed by atoms with van der Waals surface area (Å²) in [6.45, 7) is 3.45. The van der Waals surface area contributed by atoms with Gasteiger partial charge in [0.15, 0.2) is 0 Å². The highest BCUT2D eigenvalue weighted by Crippen LogP contribution is 2.23. The first kappa shape index (κ1) is 6.38. The average molecular weight is 139 g/mol. The van der Waals surface area contributed by atoms with Crippen molar-refractivity contribution in [3.8, 4) is 0 Å². The van der Waals surface area contributed by atoms with Gasteiger partial charge in [0.2, 0.25) is 0 Å². The number of fused-ring (bicyclic) bond motifs is 1. The molecule has 0 aromatic rings. The van der Waals surface area contributed by atoms with Crippen LogP contribution in [0.5, 0.6) is 0 Å². The molecule has 1 saturated heterocycles. The monoisotopic (exact) mass is 139 g/mol. The van der Waals surface area contributed by atoms with Gasteiger partial charge in [0, 0.05) is 12.5 Å². The lowest BCUT2D eigenvalue weighted by atomic mass is 9.96. The van der Waals surface area contributed by atoms with Crippen LogP contribution >= 0.6 is 0 Å². The Kier molecular flexibility index (Phi) is 1.74. The Morgan fingerprint density at radius 3 is 3.30 bits per heavy atom. The zero-order chi connectivity index (χ0) is 6.81. The van der Waals surface area contributed by atoms with Gasteiger partial charge in [0.05, 0.1) is 12.7 Å². The summed E-state index contributed by atoms with van der Waals surface area (Å²) < 4.78 is 10.7. The Balaban J connectivity index is 2.03.